The number of hydrogen-bond donors (Lipinski definition) is 0. The number of aromatic nitrogens is 1. The van der Waals surface area contributed by atoms with Gasteiger partial charge in [-0.2, -0.15) is 0 Å². The summed E-state index contributed by atoms with van der Waals surface area (Å²) in [5, 5.41) is 1.26. The van der Waals surface area contributed by atoms with Gasteiger partial charge in [-0.15, -0.1) is 0 Å². The fourth-order valence-electron chi connectivity index (χ4n) is 2.72. The molecule has 1 aliphatic rings. The van der Waals surface area contributed by atoms with E-state index in [2.05, 4.69) is 57.0 Å². The monoisotopic (exact) mass is 304 g/mol. The predicted octanol–water partition coefficient (Wildman–Crippen LogP) is 4.30. The first-order chi connectivity index (χ1) is 8.75. The number of para-hydroxylation sites is 1. The number of pyridine rings is 1. The Morgan fingerprint density at radius 3 is 2.72 bits per heavy atom. The number of anilines is 1. The van der Waals surface area contributed by atoms with Crippen molar-refractivity contribution in [1.82, 2.24) is 4.98 Å². The Bertz CT molecular complexity index is 574. The Balaban J connectivity index is 2.18. The molecule has 1 aromatic carbocycles. The van der Waals surface area contributed by atoms with Gasteiger partial charge in [0.05, 0.1) is 5.52 Å². The van der Waals surface area contributed by atoms with Gasteiger partial charge in [0.15, 0.2) is 0 Å². The van der Waals surface area contributed by atoms with Crippen molar-refractivity contribution in [2.45, 2.75) is 26.2 Å². The van der Waals surface area contributed by atoms with Crippen molar-refractivity contribution < 1.29 is 0 Å². The smallest absolute Gasteiger partial charge is 0.0867 e. The third kappa shape index (κ3) is 2.12. The molecule has 2 heterocycles. The van der Waals surface area contributed by atoms with Crippen molar-refractivity contribution in [3.05, 3.63) is 34.4 Å². The third-order valence-corrected chi connectivity index (χ3v) is 4.23. The zero-order valence-electron chi connectivity index (χ0n) is 10.6. The van der Waals surface area contributed by atoms with Crippen LogP contribution in [0.2, 0.25) is 0 Å². The summed E-state index contributed by atoms with van der Waals surface area (Å²) in [6, 6.07) is 8.56. The maximum absolute atomic E-state index is 4.66. The Hall–Kier alpha value is -1.09. The maximum atomic E-state index is 4.66. The molecule has 1 aromatic heterocycles. The molecule has 0 atom stereocenters. The van der Waals surface area contributed by atoms with Gasteiger partial charge in [-0.05, 0) is 54.2 Å². The molecule has 0 radical (unpaired) electrons. The van der Waals surface area contributed by atoms with Crippen LogP contribution in [0.3, 0.4) is 0 Å². The summed E-state index contributed by atoms with van der Waals surface area (Å²) in [7, 11) is 0. The Morgan fingerprint density at radius 2 is 1.94 bits per heavy atom. The van der Waals surface area contributed by atoms with Gasteiger partial charge in [-0.3, -0.25) is 4.98 Å². The highest BCUT2D eigenvalue weighted by Gasteiger charge is 2.15. The number of fused-ring (bicyclic) bond motifs is 1. The molecule has 0 amide bonds. The van der Waals surface area contributed by atoms with Crippen LogP contribution in [0.15, 0.2) is 28.7 Å². The fraction of sp³-hybridized carbons (Fsp3) is 0.400. The van der Waals surface area contributed by atoms with Crippen molar-refractivity contribution in [2.75, 3.05) is 18.0 Å². The second-order valence-electron chi connectivity index (χ2n) is 4.97. The Labute approximate surface area is 116 Å². The number of rotatable bonds is 1. The number of halogens is 1. The molecular weight excluding hydrogens is 288 g/mol. The summed E-state index contributed by atoms with van der Waals surface area (Å²) in [5.74, 6) is 0. The van der Waals surface area contributed by atoms with E-state index in [1.165, 1.54) is 43.4 Å². The molecule has 0 aliphatic carbocycles. The average Bonchev–Trinajstić information content (AvgIpc) is 2.40. The summed E-state index contributed by atoms with van der Waals surface area (Å²) in [4.78, 5) is 7.16. The van der Waals surface area contributed by atoms with Gasteiger partial charge in [0.2, 0.25) is 0 Å². The van der Waals surface area contributed by atoms with Crippen molar-refractivity contribution in [1.29, 1.82) is 0 Å². The van der Waals surface area contributed by atoms with E-state index in [1.54, 1.807) is 0 Å². The molecule has 1 fully saturated rings. The lowest BCUT2D eigenvalue weighted by atomic mass is 10.1. The Kier molecular flexibility index (Phi) is 3.25. The van der Waals surface area contributed by atoms with E-state index in [-0.39, 0.29) is 0 Å². The molecule has 2 nitrogen and oxygen atoms in total. The molecule has 0 unspecified atom stereocenters. The van der Waals surface area contributed by atoms with Gasteiger partial charge >= 0.3 is 0 Å². The van der Waals surface area contributed by atoms with Crippen LogP contribution in [0, 0.1) is 6.92 Å². The van der Waals surface area contributed by atoms with Crippen LogP contribution in [-0.2, 0) is 0 Å². The molecule has 18 heavy (non-hydrogen) atoms. The third-order valence-electron chi connectivity index (χ3n) is 3.59. The molecular formula is C15H17BrN2. The SMILES string of the molecule is Cc1cc(N2CCCCC2)c2cccc(Br)c2n1. The molecule has 3 heteroatoms. The van der Waals surface area contributed by atoms with Crippen LogP contribution < -0.4 is 4.90 Å². The second kappa shape index (κ2) is 4.88. The zero-order valence-corrected chi connectivity index (χ0v) is 12.2. The minimum Gasteiger partial charge on any atom is -0.371 e. The van der Waals surface area contributed by atoms with Crippen LogP contribution in [0.1, 0.15) is 25.0 Å². The molecule has 2 aromatic rings. The number of hydrogen-bond acceptors (Lipinski definition) is 2. The molecule has 0 N–H and O–H groups in total. The topological polar surface area (TPSA) is 16.1 Å². The van der Waals surface area contributed by atoms with E-state index in [0.29, 0.717) is 0 Å². The van der Waals surface area contributed by atoms with Crippen molar-refractivity contribution in [3.63, 3.8) is 0 Å². The van der Waals surface area contributed by atoms with Gasteiger partial charge < -0.3 is 4.90 Å². The van der Waals surface area contributed by atoms with Crippen molar-refractivity contribution in [2.24, 2.45) is 0 Å². The lowest BCUT2D eigenvalue weighted by molar-refractivity contribution is 0.579. The highest BCUT2D eigenvalue weighted by Crippen LogP contribution is 2.32. The van der Waals surface area contributed by atoms with Crippen molar-refractivity contribution >= 4 is 32.5 Å². The van der Waals surface area contributed by atoms with E-state index in [9.17, 15) is 0 Å². The lowest BCUT2D eigenvalue weighted by Gasteiger charge is -2.30. The van der Waals surface area contributed by atoms with Crippen LogP contribution in [0.5, 0.6) is 0 Å². The first-order valence-electron chi connectivity index (χ1n) is 6.56. The molecule has 1 aliphatic heterocycles. The number of nitrogens with zero attached hydrogens (tertiary/aromatic N) is 2. The summed E-state index contributed by atoms with van der Waals surface area (Å²) in [5.41, 5.74) is 3.52. The first-order valence-corrected chi connectivity index (χ1v) is 7.36. The molecule has 0 bridgehead atoms. The van der Waals surface area contributed by atoms with E-state index >= 15 is 0 Å². The molecule has 1 saturated heterocycles. The van der Waals surface area contributed by atoms with E-state index in [0.717, 1.165) is 15.7 Å². The quantitative estimate of drug-likeness (QED) is 0.781. The van der Waals surface area contributed by atoms with Gasteiger partial charge in [-0.1, -0.05) is 12.1 Å². The number of benzene rings is 1. The number of piperidine rings is 1. The molecule has 0 saturated carbocycles. The summed E-state index contributed by atoms with van der Waals surface area (Å²) >= 11 is 3.61. The summed E-state index contributed by atoms with van der Waals surface area (Å²) < 4.78 is 1.09. The van der Waals surface area contributed by atoms with E-state index < -0.39 is 0 Å². The lowest BCUT2D eigenvalue weighted by Crippen LogP contribution is -2.29. The van der Waals surface area contributed by atoms with Gasteiger partial charge in [0.1, 0.15) is 0 Å². The van der Waals surface area contributed by atoms with Crippen LogP contribution in [0.4, 0.5) is 5.69 Å². The second-order valence-corrected chi connectivity index (χ2v) is 5.82. The van der Waals surface area contributed by atoms with Gasteiger partial charge in [-0.25, -0.2) is 0 Å². The van der Waals surface area contributed by atoms with E-state index in [4.69, 9.17) is 0 Å². The van der Waals surface area contributed by atoms with Gasteiger partial charge in [0.25, 0.3) is 0 Å². The van der Waals surface area contributed by atoms with Gasteiger partial charge in [0, 0.05) is 34.3 Å². The highest BCUT2D eigenvalue weighted by atomic mass is 79.9. The fourth-order valence-corrected chi connectivity index (χ4v) is 3.17. The summed E-state index contributed by atoms with van der Waals surface area (Å²) in [6.45, 7) is 4.42. The zero-order chi connectivity index (χ0) is 12.5. The highest BCUT2D eigenvalue weighted by molar-refractivity contribution is 9.10. The largest absolute Gasteiger partial charge is 0.371 e. The number of aryl methyl sites for hydroxylation is 1. The van der Waals surface area contributed by atoms with Crippen LogP contribution >= 0.6 is 15.9 Å². The predicted molar refractivity (Wildman–Crippen MR) is 80.2 cm³/mol. The van der Waals surface area contributed by atoms with E-state index in [1.807, 2.05) is 0 Å². The minimum absolute atomic E-state index is 1.08. The first kappa shape index (κ1) is 12.0. The van der Waals surface area contributed by atoms with Crippen LogP contribution in [0.25, 0.3) is 10.9 Å². The molecule has 94 valence electrons. The molecule has 0 spiro atoms. The Morgan fingerprint density at radius 1 is 1.17 bits per heavy atom. The molecule has 3 rings (SSSR count). The van der Waals surface area contributed by atoms with Crippen molar-refractivity contribution in [3.8, 4) is 0 Å². The standard InChI is InChI=1S/C15H17BrN2/c1-11-10-14(18-8-3-2-4-9-18)12-6-5-7-13(16)15(12)17-11/h5-7,10H,2-4,8-9H2,1H3. The summed E-state index contributed by atoms with van der Waals surface area (Å²) in [6.07, 6.45) is 3.97. The average molecular weight is 305 g/mol. The normalized spacial score (nSPS) is 16.2. The minimum atomic E-state index is 1.08. The maximum Gasteiger partial charge on any atom is 0.0867 e. The van der Waals surface area contributed by atoms with Crippen LogP contribution in [-0.4, -0.2) is 18.1 Å².